The molecule has 0 aliphatic carbocycles. The molecule has 3 aromatic carbocycles. The Hall–Kier alpha value is -2.56. The van der Waals surface area contributed by atoms with E-state index in [9.17, 15) is 9.90 Å². The molecule has 1 unspecified atom stereocenters. The van der Waals surface area contributed by atoms with Crippen molar-refractivity contribution in [2.75, 3.05) is 0 Å². The predicted molar refractivity (Wildman–Crippen MR) is 155 cm³/mol. The summed E-state index contributed by atoms with van der Waals surface area (Å²) in [5, 5.41) is 10.0. The van der Waals surface area contributed by atoms with Crippen LogP contribution in [0.5, 0.6) is 0 Å². The van der Waals surface area contributed by atoms with Crippen LogP contribution in [0.1, 0.15) is 61.5 Å². The van der Waals surface area contributed by atoms with Gasteiger partial charge in [0.1, 0.15) is 6.29 Å². The molecule has 2 atom stereocenters. The Balaban J connectivity index is 2.00. The third-order valence-corrected chi connectivity index (χ3v) is 7.74. The molecule has 0 bridgehead atoms. The van der Waals surface area contributed by atoms with Gasteiger partial charge in [-0.2, -0.15) is 0 Å². The molecule has 0 amide bonds. The molecule has 200 valence electrons. The molecule has 3 rings (SSSR count). The predicted octanol–water partition coefficient (Wildman–Crippen LogP) is 6.73. The van der Waals surface area contributed by atoms with Gasteiger partial charge in [0.25, 0.3) is 0 Å². The van der Waals surface area contributed by atoms with Crippen molar-refractivity contribution in [2.24, 2.45) is 5.41 Å². The van der Waals surface area contributed by atoms with Gasteiger partial charge in [-0.25, -0.2) is 0 Å². The Labute approximate surface area is 233 Å². The number of hydrogen-bond donors (Lipinski definition) is 1. The molecule has 0 spiro atoms. The van der Waals surface area contributed by atoms with Gasteiger partial charge < -0.3 is 14.0 Å². The second-order valence-corrected chi connectivity index (χ2v) is 11.5. The molecule has 0 heterocycles. The van der Waals surface area contributed by atoms with E-state index < -0.39 is 5.97 Å². The van der Waals surface area contributed by atoms with Crippen LogP contribution < -0.4 is 0 Å². The molecule has 0 saturated carbocycles. The molecule has 0 saturated heterocycles. The summed E-state index contributed by atoms with van der Waals surface area (Å²) >= 11 is 0. The van der Waals surface area contributed by atoms with Crippen LogP contribution in [0.15, 0.2) is 84.9 Å². The van der Waals surface area contributed by atoms with Gasteiger partial charge in [-0.3, -0.25) is 9.69 Å². The first-order valence-corrected chi connectivity index (χ1v) is 15.9. The Bertz CT molecular complexity index is 1120. The maximum Gasteiger partial charge on any atom is 0.305 e. The first-order valence-electron chi connectivity index (χ1n) is 13.0. The van der Waals surface area contributed by atoms with Crippen LogP contribution in [0.4, 0.5) is 0 Å². The van der Waals surface area contributed by atoms with Gasteiger partial charge in [-0.05, 0) is 48.7 Å². The average molecular weight is 546 g/mol. The maximum absolute atomic E-state index is 12.2. The molecular weight excluding hydrogens is 507 g/mol. The summed E-state index contributed by atoms with van der Waals surface area (Å²) in [7, 11) is 0.692. The summed E-state index contributed by atoms with van der Waals surface area (Å²) in [6, 6.07) is 28.7. The van der Waals surface area contributed by atoms with Gasteiger partial charge in [0.05, 0.1) is 6.42 Å². The third kappa shape index (κ3) is 8.48. The van der Waals surface area contributed by atoms with Crippen LogP contribution in [0.3, 0.4) is 0 Å². The minimum atomic E-state index is -0.811. The highest BCUT2D eigenvalue weighted by molar-refractivity contribution is 6.26. The Kier molecular flexibility index (Phi) is 11.5. The number of carboxylic acid groups (broad SMARTS) is 1. The van der Waals surface area contributed by atoms with E-state index in [2.05, 4.69) is 68.1 Å². The topological polar surface area (TPSA) is 59.0 Å². The minimum absolute atomic E-state index is 0.0135. The molecule has 0 aliphatic rings. The number of aliphatic carboxylic acids is 1. The zero-order chi connectivity index (χ0) is 27.5. The number of hydrogen-bond acceptors (Lipinski definition) is 4. The van der Waals surface area contributed by atoms with Gasteiger partial charge in [0.15, 0.2) is 0 Å². The molecule has 0 aromatic heterocycles. The minimum Gasteiger partial charge on any atom is -0.481 e. The van der Waals surface area contributed by atoms with E-state index in [0.29, 0.717) is 26.1 Å². The van der Waals surface area contributed by atoms with Crippen molar-refractivity contribution >= 4 is 25.5 Å². The molecule has 1 N–H and O–H groups in total. The summed E-state index contributed by atoms with van der Waals surface area (Å²) in [5.74, 6) is -0.811. The maximum atomic E-state index is 12.2. The van der Waals surface area contributed by atoms with Crippen molar-refractivity contribution < 1.29 is 18.8 Å². The zero-order valence-electron chi connectivity index (χ0n) is 23.1. The van der Waals surface area contributed by atoms with E-state index in [1.54, 1.807) is 0 Å². The van der Waals surface area contributed by atoms with Crippen molar-refractivity contribution in [3.05, 3.63) is 107 Å². The summed E-state index contributed by atoms with van der Waals surface area (Å²) in [6.45, 7) is 11.2. The first-order chi connectivity index (χ1) is 18.2. The van der Waals surface area contributed by atoms with Crippen LogP contribution in [0.25, 0.3) is 0 Å². The Morgan fingerprint density at radius 2 is 1.42 bits per heavy atom. The fourth-order valence-electron chi connectivity index (χ4n) is 4.90. The number of nitrogens with zero attached hydrogens (tertiary/aromatic N) is 1. The number of benzene rings is 3. The van der Waals surface area contributed by atoms with Crippen molar-refractivity contribution in [3.8, 4) is 0 Å². The second-order valence-electron chi connectivity index (χ2n) is 10.2. The van der Waals surface area contributed by atoms with Gasteiger partial charge in [-0.15, -0.1) is 0 Å². The van der Waals surface area contributed by atoms with E-state index in [1.807, 2.05) is 55.6 Å². The van der Waals surface area contributed by atoms with Crippen molar-refractivity contribution in [1.29, 1.82) is 0 Å². The van der Waals surface area contributed by atoms with Crippen LogP contribution in [-0.4, -0.2) is 41.8 Å². The largest absolute Gasteiger partial charge is 0.481 e. The molecule has 4 radical (unpaired) electrons. The van der Waals surface area contributed by atoms with E-state index in [1.165, 1.54) is 0 Å². The molecule has 0 aliphatic heterocycles. The van der Waals surface area contributed by atoms with Crippen LogP contribution in [0.2, 0.25) is 13.1 Å². The molecular formula is C31H39NO4Si2. The number of carboxylic acids is 1. The highest BCUT2D eigenvalue weighted by Gasteiger charge is 2.32. The van der Waals surface area contributed by atoms with Crippen molar-refractivity contribution in [2.45, 2.75) is 71.6 Å². The summed E-state index contributed by atoms with van der Waals surface area (Å²) in [5.41, 5.74) is 4.22. The summed E-state index contributed by atoms with van der Waals surface area (Å²) in [4.78, 5) is 14.5. The lowest BCUT2D eigenvalue weighted by molar-refractivity contribution is -0.138. The summed E-state index contributed by atoms with van der Waals surface area (Å²) in [6.07, 6.45) is 0.479. The molecule has 5 nitrogen and oxygen atoms in total. The highest BCUT2D eigenvalue weighted by atomic mass is 28.2. The Morgan fingerprint density at radius 3 is 2.00 bits per heavy atom. The lowest BCUT2D eigenvalue weighted by Crippen LogP contribution is -2.37. The number of carbonyl (C=O) groups is 1. The van der Waals surface area contributed by atoms with E-state index >= 15 is 0 Å². The Morgan fingerprint density at radius 1 is 0.868 bits per heavy atom. The normalized spacial score (nSPS) is 13.6. The van der Waals surface area contributed by atoms with Crippen LogP contribution >= 0.6 is 0 Å². The van der Waals surface area contributed by atoms with Crippen molar-refractivity contribution in [1.82, 2.24) is 4.90 Å². The second kappa shape index (κ2) is 14.6. The monoisotopic (exact) mass is 545 g/mol. The lowest BCUT2D eigenvalue weighted by atomic mass is 9.84. The fraction of sp³-hybridized carbons (Fsp3) is 0.387. The lowest BCUT2D eigenvalue weighted by Gasteiger charge is -2.37. The summed E-state index contributed by atoms with van der Waals surface area (Å²) < 4.78 is 11.9. The third-order valence-electron chi connectivity index (χ3n) is 6.84. The smallest absolute Gasteiger partial charge is 0.305 e. The standard InChI is InChI=1S/C31H39NO4Si2/c1-23(26-16-10-7-11-17-26)32(22-24-13-8-6-9-14-24)28(20-29(33)34)27-18-12-15-25(19-27)21-31(2,3)30(35-37-4)36-38-5/h6-19,23,28,30H,20-22H2,1-5H3,(H,33,34)/t23-,28?/m0/s1. The highest BCUT2D eigenvalue weighted by Crippen LogP contribution is 2.36. The quantitative estimate of drug-likeness (QED) is 0.170. The fourth-order valence-corrected chi connectivity index (χ4v) is 6.16. The van der Waals surface area contributed by atoms with Gasteiger partial charge >= 0.3 is 5.97 Å². The van der Waals surface area contributed by atoms with E-state index in [-0.39, 0.29) is 30.2 Å². The van der Waals surface area contributed by atoms with Gasteiger partial charge in [0.2, 0.25) is 19.5 Å². The average Bonchev–Trinajstić information content (AvgIpc) is 2.91. The van der Waals surface area contributed by atoms with Crippen LogP contribution in [0, 0.1) is 5.41 Å². The van der Waals surface area contributed by atoms with Crippen LogP contribution in [-0.2, 0) is 26.6 Å². The SMILES string of the molecule is C[Si]OC(O[Si]C)C(C)(C)Cc1cccc(C(CC(=O)O)N(Cc2ccccc2)[C@@H](C)c2ccccc2)c1. The van der Waals surface area contributed by atoms with E-state index in [0.717, 1.165) is 28.7 Å². The molecule has 0 fully saturated rings. The van der Waals surface area contributed by atoms with Crippen molar-refractivity contribution in [3.63, 3.8) is 0 Å². The zero-order valence-corrected chi connectivity index (χ0v) is 25.1. The number of rotatable bonds is 15. The van der Waals surface area contributed by atoms with Gasteiger partial charge in [-0.1, -0.05) is 98.8 Å². The van der Waals surface area contributed by atoms with Gasteiger partial charge in [0, 0.05) is 24.0 Å². The molecule has 38 heavy (non-hydrogen) atoms. The first kappa shape index (κ1) is 30.0. The van der Waals surface area contributed by atoms with E-state index in [4.69, 9.17) is 8.85 Å². The molecule has 7 heteroatoms. The molecule has 3 aromatic rings.